The zero-order chi connectivity index (χ0) is 10.1. The molecule has 13 heavy (non-hydrogen) atoms. The molecule has 5 heteroatoms. The summed E-state index contributed by atoms with van der Waals surface area (Å²) in [5.74, 6) is 0. The number of ether oxygens (including phenoxy) is 1. The fraction of sp³-hybridized carbons (Fsp3) is 1.00. The fourth-order valence-corrected chi connectivity index (χ4v) is 8.30. The predicted octanol–water partition coefficient (Wildman–Crippen LogP) is 2.30. The lowest BCUT2D eigenvalue weighted by Crippen LogP contribution is -2.49. The number of hydrogen-bond donors (Lipinski definition) is 0. The molecule has 1 atom stereocenters. The molecule has 1 fully saturated rings. The summed E-state index contributed by atoms with van der Waals surface area (Å²) in [7, 11) is -3.40. The Morgan fingerprint density at radius 3 is 2.00 bits per heavy atom. The minimum atomic E-state index is -1.93. The van der Waals surface area contributed by atoms with E-state index in [0.29, 0.717) is 0 Å². The van der Waals surface area contributed by atoms with Crippen LogP contribution in [0.3, 0.4) is 0 Å². The van der Waals surface area contributed by atoms with Crippen molar-refractivity contribution in [3.05, 3.63) is 0 Å². The summed E-state index contributed by atoms with van der Waals surface area (Å²) in [6, 6.07) is 0. The quantitative estimate of drug-likeness (QED) is 0.681. The maximum absolute atomic E-state index is 6.01. The smallest absolute Gasteiger partial charge is 0.323 e. The van der Waals surface area contributed by atoms with Crippen LogP contribution in [0.2, 0.25) is 32.7 Å². The highest BCUT2D eigenvalue weighted by Gasteiger charge is 2.36. The van der Waals surface area contributed by atoms with Gasteiger partial charge in [0.1, 0.15) is 0 Å². The first-order chi connectivity index (χ1) is 5.79. The van der Waals surface area contributed by atoms with Gasteiger partial charge in [-0.1, -0.05) is 0 Å². The van der Waals surface area contributed by atoms with E-state index in [0.717, 1.165) is 13.0 Å². The monoisotopic (exact) mass is 220 g/mol. The average Bonchev–Trinajstić information content (AvgIpc) is 1.73. The summed E-state index contributed by atoms with van der Waals surface area (Å²) in [5.41, 5.74) is 0. The van der Waals surface area contributed by atoms with Gasteiger partial charge in [-0.15, -0.1) is 0 Å². The zero-order valence-corrected chi connectivity index (χ0v) is 11.2. The van der Waals surface area contributed by atoms with Crippen LogP contribution in [0.5, 0.6) is 0 Å². The van der Waals surface area contributed by atoms with Crippen LogP contribution in [0.15, 0.2) is 0 Å². The highest BCUT2D eigenvalue weighted by atomic mass is 28.4. The molecule has 0 spiro atoms. The standard InChI is InChI=1S/C8H20O3Si2/c1-12(2,3)11-13(4,5)10-8-6-7-9-8/h8H,6-7H2,1-5H3. The van der Waals surface area contributed by atoms with Gasteiger partial charge in [-0.25, -0.2) is 0 Å². The van der Waals surface area contributed by atoms with E-state index in [-0.39, 0.29) is 6.29 Å². The molecule has 1 saturated heterocycles. The van der Waals surface area contributed by atoms with Crippen molar-refractivity contribution < 1.29 is 13.3 Å². The fourth-order valence-electron chi connectivity index (χ4n) is 1.39. The number of hydrogen-bond acceptors (Lipinski definition) is 3. The minimum absolute atomic E-state index is 0.0121. The topological polar surface area (TPSA) is 27.7 Å². The molecule has 1 heterocycles. The van der Waals surface area contributed by atoms with Gasteiger partial charge in [0, 0.05) is 6.42 Å². The highest BCUT2D eigenvalue weighted by molar-refractivity contribution is 6.81. The van der Waals surface area contributed by atoms with Gasteiger partial charge in [-0.05, 0) is 32.7 Å². The normalized spacial score (nSPS) is 24.2. The van der Waals surface area contributed by atoms with Crippen LogP contribution in [0, 0.1) is 0 Å². The maximum atomic E-state index is 6.01. The second-order valence-corrected chi connectivity index (χ2v) is 12.9. The second kappa shape index (κ2) is 3.82. The van der Waals surface area contributed by atoms with E-state index in [1.807, 2.05) is 0 Å². The molecule has 0 amide bonds. The van der Waals surface area contributed by atoms with Crippen molar-refractivity contribution in [3.63, 3.8) is 0 Å². The largest absolute Gasteiger partial charge is 0.436 e. The SMILES string of the molecule is C[Si](C)(C)O[Si](C)(C)OC1CCO1. The van der Waals surface area contributed by atoms with E-state index in [1.54, 1.807) is 0 Å². The molecule has 0 aromatic rings. The molecule has 0 aromatic heterocycles. The summed E-state index contributed by atoms with van der Waals surface area (Å²) in [4.78, 5) is 0. The summed E-state index contributed by atoms with van der Waals surface area (Å²) >= 11 is 0. The summed E-state index contributed by atoms with van der Waals surface area (Å²) < 4.78 is 17.0. The first-order valence-electron chi connectivity index (χ1n) is 4.78. The molecule has 1 rings (SSSR count). The van der Waals surface area contributed by atoms with Gasteiger partial charge in [0.15, 0.2) is 14.6 Å². The van der Waals surface area contributed by atoms with Crippen molar-refractivity contribution in [2.24, 2.45) is 0 Å². The third-order valence-electron chi connectivity index (χ3n) is 1.62. The van der Waals surface area contributed by atoms with Crippen molar-refractivity contribution >= 4 is 16.9 Å². The number of rotatable bonds is 4. The molecular weight excluding hydrogens is 200 g/mol. The summed E-state index contributed by atoms with van der Waals surface area (Å²) in [5, 5.41) is 0. The Bertz CT molecular complexity index is 173. The molecule has 0 bridgehead atoms. The minimum Gasteiger partial charge on any atom is -0.436 e. The van der Waals surface area contributed by atoms with Crippen LogP contribution in [0.4, 0.5) is 0 Å². The molecule has 0 aromatic carbocycles. The highest BCUT2D eigenvalue weighted by Crippen LogP contribution is 2.22. The van der Waals surface area contributed by atoms with Gasteiger partial charge in [0.05, 0.1) is 6.61 Å². The molecule has 1 aliphatic rings. The van der Waals surface area contributed by atoms with E-state index < -0.39 is 16.9 Å². The van der Waals surface area contributed by atoms with E-state index >= 15 is 0 Å². The van der Waals surface area contributed by atoms with Crippen molar-refractivity contribution in [2.45, 2.75) is 45.4 Å². The van der Waals surface area contributed by atoms with E-state index in [4.69, 9.17) is 13.3 Å². The lowest BCUT2D eigenvalue weighted by molar-refractivity contribution is -0.175. The zero-order valence-electron chi connectivity index (χ0n) is 9.22. The van der Waals surface area contributed by atoms with Crippen LogP contribution < -0.4 is 0 Å². The van der Waals surface area contributed by atoms with Gasteiger partial charge in [0.2, 0.25) is 0 Å². The lowest BCUT2D eigenvalue weighted by Gasteiger charge is -2.37. The predicted molar refractivity (Wildman–Crippen MR) is 57.4 cm³/mol. The van der Waals surface area contributed by atoms with Crippen molar-refractivity contribution in [3.8, 4) is 0 Å². The molecule has 0 saturated carbocycles. The third kappa shape index (κ3) is 4.37. The van der Waals surface area contributed by atoms with Gasteiger partial charge < -0.3 is 13.3 Å². The first-order valence-corrected chi connectivity index (χ1v) is 11.0. The Labute approximate surface area is 82.8 Å². The second-order valence-electron chi connectivity index (χ2n) is 4.82. The summed E-state index contributed by atoms with van der Waals surface area (Å²) in [6.45, 7) is 11.6. The van der Waals surface area contributed by atoms with Crippen LogP contribution in [0.25, 0.3) is 0 Å². The Balaban J connectivity index is 2.35. The molecule has 78 valence electrons. The average molecular weight is 220 g/mol. The maximum Gasteiger partial charge on any atom is 0.323 e. The molecule has 1 unspecified atom stereocenters. The van der Waals surface area contributed by atoms with Crippen LogP contribution in [-0.2, 0) is 13.3 Å². The van der Waals surface area contributed by atoms with Gasteiger partial charge in [-0.2, -0.15) is 0 Å². The van der Waals surface area contributed by atoms with Crippen molar-refractivity contribution in [1.29, 1.82) is 0 Å². The first kappa shape index (κ1) is 11.4. The molecule has 0 aliphatic carbocycles. The lowest BCUT2D eigenvalue weighted by atomic mass is 10.4. The van der Waals surface area contributed by atoms with E-state index in [9.17, 15) is 0 Å². The van der Waals surface area contributed by atoms with Crippen LogP contribution >= 0.6 is 0 Å². The molecule has 0 N–H and O–H groups in total. The van der Waals surface area contributed by atoms with Gasteiger partial charge in [-0.3, -0.25) is 0 Å². The molecular formula is C8H20O3Si2. The van der Waals surface area contributed by atoms with Crippen molar-refractivity contribution in [1.82, 2.24) is 0 Å². The summed E-state index contributed by atoms with van der Waals surface area (Å²) in [6.07, 6.45) is 1.03. The molecule has 0 radical (unpaired) electrons. The Morgan fingerprint density at radius 2 is 1.69 bits per heavy atom. The van der Waals surface area contributed by atoms with Crippen LogP contribution in [0.1, 0.15) is 6.42 Å². The van der Waals surface area contributed by atoms with E-state index in [1.165, 1.54) is 0 Å². The molecule has 3 nitrogen and oxygen atoms in total. The Kier molecular flexibility index (Phi) is 3.35. The Hall–Kier alpha value is 0.314. The van der Waals surface area contributed by atoms with E-state index in [2.05, 4.69) is 32.7 Å². The van der Waals surface area contributed by atoms with Gasteiger partial charge >= 0.3 is 8.56 Å². The third-order valence-corrected chi connectivity index (χ3v) is 6.87. The van der Waals surface area contributed by atoms with Crippen LogP contribution in [-0.4, -0.2) is 29.8 Å². The Morgan fingerprint density at radius 1 is 1.15 bits per heavy atom. The van der Waals surface area contributed by atoms with Gasteiger partial charge in [0.25, 0.3) is 0 Å². The van der Waals surface area contributed by atoms with Crippen molar-refractivity contribution in [2.75, 3.05) is 6.61 Å². The molecule has 1 aliphatic heterocycles.